The van der Waals surface area contributed by atoms with Gasteiger partial charge in [0.2, 0.25) is 5.91 Å². The number of aliphatic hydroxyl groups is 2. The summed E-state index contributed by atoms with van der Waals surface area (Å²) in [6, 6.07) is -1.06. The van der Waals surface area contributed by atoms with Crippen molar-refractivity contribution in [2.24, 2.45) is 0 Å². The van der Waals surface area contributed by atoms with Gasteiger partial charge in [-0.3, -0.25) is 9.32 Å². The minimum Gasteiger partial charge on any atom is -0.388 e. The van der Waals surface area contributed by atoms with Crippen LogP contribution >= 0.6 is 7.82 Å². The fourth-order valence-corrected chi connectivity index (χ4v) is 1.79. The summed E-state index contributed by atoms with van der Waals surface area (Å²) in [5.41, 5.74) is 0. The summed E-state index contributed by atoms with van der Waals surface area (Å²) in [6.07, 6.45) is -3.91. The quantitative estimate of drug-likeness (QED) is 0.358. The molecule has 0 aromatic rings. The second kappa shape index (κ2) is 5.40. The van der Waals surface area contributed by atoms with Crippen molar-refractivity contribution in [3.8, 4) is 0 Å². The first-order valence-electron chi connectivity index (χ1n) is 4.69. The third-order valence-electron chi connectivity index (χ3n) is 2.15. The normalized spacial score (nSPS) is 33.7. The fraction of sp³-hybridized carbons (Fsp3) is 0.857. The highest BCUT2D eigenvalue weighted by molar-refractivity contribution is 7.46. The van der Waals surface area contributed by atoms with E-state index >= 15 is 0 Å². The molecule has 100 valence electrons. The average molecular weight is 271 g/mol. The molecule has 0 radical (unpaired) electrons. The summed E-state index contributed by atoms with van der Waals surface area (Å²) >= 11 is 0. The van der Waals surface area contributed by atoms with Crippen molar-refractivity contribution >= 4 is 13.7 Å². The molecule has 9 nitrogen and oxygen atoms in total. The third-order valence-corrected chi connectivity index (χ3v) is 2.63. The zero-order chi connectivity index (χ0) is 13.2. The van der Waals surface area contributed by atoms with Crippen LogP contribution in [0.1, 0.15) is 6.92 Å². The van der Waals surface area contributed by atoms with Crippen molar-refractivity contribution in [1.29, 1.82) is 0 Å². The summed E-state index contributed by atoms with van der Waals surface area (Å²) in [4.78, 5) is 27.7. The first-order chi connectivity index (χ1) is 7.70. The maximum atomic E-state index is 10.8. The standard InChI is InChI=1S/C7H14NO8P/c1-3(9)8-5-6(10)4(16-7(5)11)2-15-17(12,13)14/h4-7,10-11H,2H2,1H3,(H,8,9)(H2,12,13,14)/t4-,5+,6?,7-/m1/s1. The smallest absolute Gasteiger partial charge is 0.388 e. The Morgan fingerprint density at radius 3 is 2.53 bits per heavy atom. The predicted molar refractivity (Wildman–Crippen MR) is 52.5 cm³/mol. The van der Waals surface area contributed by atoms with E-state index in [0.29, 0.717) is 0 Å². The van der Waals surface area contributed by atoms with Crippen LogP contribution in [0.3, 0.4) is 0 Å². The number of amides is 1. The van der Waals surface area contributed by atoms with Crippen LogP contribution in [0.15, 0.2) is 0 Å². The Balaban J connectivity index is 2.55. The van der Waals surface area contributed by atoms with E-state index in [1.807, 2.05) is 0 Å². The van der Waals surface area contributed by atoms with Crippen LogP contribution in [0.2, 0.25) is 0 Å². The lowest BCUT2D eigenvalue weighted by atomic mass is 10.1. The van der Waals surface area contributed by atoms with Gasteiger partial charge < -0.3 is 30.1 Å². The number of ether oxygens (including phenoxy) is 1. The number of hydrogen-bond acceptors (Lipinski definition) is 6. The van der Waals surface area contributed by atoms with Gasteiger partial charge in [0, 0.05) is 6.92 Å². The molecule has 0 aliphatic carbocycles. The summed E-state index contributed by atoms with van der Waals surface area (Å²) in [5.74, 6) is -0.478. The Morgan fingerprint density at radius 2 is 2.06 bits per heavy atom. The first-order valence-corrected chi connectivity index (χ1v) is 6.22. The monoisotopic (exact) mass is 271 g/mol. The zero-order valence-electron chi connectivity index (χ0n) is 8.89. The Labute approximate surface area is 96.6 Å². The Hall–Kier alpha value is -0.540. The van der Waals surface area contributed by atoms with Gasteiger partial charge in [0.25, 0.3) is 0 Å². The van der Waals surface area contributed by atoms with Crippen molar-refractivity contribution < 1.29 is 38.6 Å². The maximum absolute atomic E-state index is 10.8. The lowest BCUT2D eigenvalue weighted by Crippen LogP contribution is -2.47. The van der Waals surface area contributed by atoms with Gasteiger partial charge in [-0.05, 0) is 0 Å². The second-order valence-corrected chi connectivity index (χ2v) is 4.81. The molecule has 0 aromatic carbocycles. The molecule has 0 aromatic heterocycles. The number of rotatable bonds is 4. The molecule has 1 amide bonds. The van der Waals surface area contributed by atoms with Crippen LogP contribution in [0.5, 0.6) is 0 Å². The summed E-state index contributed by atoms with van der Waals surface area (Å²) in [5, 5.41) is 21.2. The molecule has 4 atom stereocenters. The van der Waals surface area contributed by atoms with Gasteiger partial charge in [-0.25, -0.2) is 4.57 Å². The average Bonchev–Trinajstić information content (AvgIpc) is 2.41. The van der Waals surface area contributed by atoms with E-state index < -0.39 is 44.9 Å². The lowest BCUT2D eigenvalue weighted by molar-refractivity contribution is -0.127. The van der Waals surface area contributed by atoms with E-state index in [-0.39, 0.29) is 0 Å². The minimum absolute atomic E-state index is 0.478. The number of phosphoric ester groups is 1. The second-order valence-electron chi connectivity index (χ2n) is 3.57. The van der Waals surface area contributed by atoms with Gasteiger partial charge in [0.05, 0.1) is 6.61 Å². The molecule has 1 aliphatic heterocycles. The van der Waals surface area contributed by atoms with E-state index in [1.54, 1.807) is 0 Å². The van der Waals surface area contributed by atoms with Crippen molar-refractivity contribution in [3.05, 3.63) is 0 Å². The molecule has 10 heteroatoms. The van der Waals surface area contributed by atoms with Crippen molar-refractivity contribution in [2.75, 3.05) is 6.61 Å². The third kappa shape index (κ3) is 4.32. The van der Waals surface area contributed by atoms with Crippen LogP contribution in [0, 0.1) is 0 Å². The van der Waals surface area contributed by atoms with E-state index in [1.165, 1.54) is 6.92 Å². The topological polar surface area (TPSA) is 146 Å². The maximum Gasteiger partial charge on any atom is 0.469 e. The number of hydrogen-bond donors (Lipinski definition) is 5. The van der Waals surface area contributed by atoms with Gasteiger partial charge in [0.15, 0.2) is 6.29 Å². The molecule has 17 heavy (non-hydrogen) atoms. The summed E-state index contributed by atoms with van der Waals surface area (Å²) in [7, 11) is -4.67. The Bertz CT molecular complexity index is 330. The number of carbonyl (C=O) groups is 1. The number of nitrogens with one attached hydrogen (secondary N) is 1. The molecule has 0 spiro atoms. The van der Waals surface area contributed by atoms with Gasteiger partial charge >= 0.3 is 7.82 Å². The van der Waals surface area contributed by atoms with E-state index in [4.69, 9.17) is 14.5 Å². The molecular formula is C7H14NO8P. The molecule has 0 saturated carbocycles. The van der Waals surface area contributed by atoms with Crippen LogP contribution in [-0.4, -0.2) is 57.1 Å². The molecule has 1 rings (SSSR count). The minimum atomic E-state index is -4.67. The molecule has 1 aliphatic rings. The van der Waals surface area contributed by atoms with E-state index in [2.05, 4.69) is 9.84 Å². The largest absolute Gasteiger partial charge is 0.469 e. The number of aliphatic hydroxyl groups excluding tert-OH is 2. The van der Waals surface area contributed by atoms with Gasteiger partial charge in [0.1, 0.15) is 18.2 Å². The molecular weight excluding hydrogens is 257 g/mol. The zero-order valence-corrected chi connectivity index (χ0v) is 9.78. The highest BCUT2D eigenvalue weighted by atomic mass is 31.2. The van der Waals surface area contributed by atoms with Crippen LogP contribution in [0.4, 0.5) is 0 Å². The van der Waals surface area contributed by atoms with Gasteiger partial charge in [-0.1, -0.05) is 0 Å². The van der Waals surface area contributed by atoms with Crippen LogP contribution < -0.4 is 5.32 Å². The first kappa shape index (κ1) is 14.5. The Morgan fingerprint density at radius 1 is 1.47 bits per heavy atom. The lowest BCUT2D eigenvalue weighted by Gasteiger charge is -2.18. The fourth-order valence-electron chi connectivity index (χ4n) is 1.44. The summed E-state index contributed by atoms with van der Waals surface area (Å²) < 4.78 is 19.4. The van der Waals surface area contributed by atoms with Gasteiger partial charge in [-0.15, -0.1) is 0 Å². The predicted octanol–water partition coefficient (Wildman–Crippen LogP) is -2.32. The molecule has 5 N–H and O–H groups in total. The SMILES string of the molecule is CC(=O)N[C@H]1C(O)[C@@H](COP(=O)(O)O)O[C@H]1O. The van der Waals surface area contributed by atoms with Crippen molar-refractivity contribution in [2.45, 2.75) is 31.5 Å². The van der Waals surface area contributed by atoms with Crippen molar-refractivity contribution in [1.82, 2.24) is 5.32 Å². The van der Waals surface area contributed by atoms with Crippen LogP contribution in [0.25, 0.3) is 0 Å². The molecule has 1 unspecified atom stereocenters. The molecule has 0 bridgehead atoms. The van der Waals surface area contributed by atoms with Crippen LogP contribution in [-0.2, 0) is 18.6 Å². The summed E-state index contributed by atoms with van der Waals surface area (Å²) in [6.45, 7) is 0.595. The van der Waals surface area contributed by atoms with E-state index in [0.717, 1.165) is 0 Å². The highest BCUT2D eigenvalue weighted by Gasteiger charge is 2.44. The Kier molecular flexibility index (Phi) is 4.62. The molecule has 1 fully saturated rings. The number of phosphoric acid groups is 1. The molecule has 1 heterocycles. The number of carbonyl (C=O) groups excluding carboxylic acids is 1. The van der Waals surface area contributed by atoms with E-state index in [9.17, 15) is 19.6 Å². The van der Waals surface area contributed by atoms with Gasteiger partial charge in [-0.2, -0.15) is 0 Å². The van der Waals surface area contributed by atoms with Crippen molar-refractivity contribution in [3.63, 3.8) is 0 Å². The highest BCUT2D eigenvalue weighted by Crippen LogP contribution is 2.37. The molecule has 1 saturated heterocycles.